The summed E-state index contributed by atoms with van der Waals surface area (Å²) in [7, 11) is 2.10. The van der Waals surface area contributed by atoms with Crippen molar-refractivity contribution in [3.8, 4) is 0 Å². The Labute approximate surface area is 122 Å². The van der Waals surface area contributed by atoms with Gasteiger partial charge in [-0.3, -0.25) is 0 Å². The molecule has 0 spiro atoms. The van der Waals surface area contributed by atoms with E-state index in [1.807, 2.05) is 11.8 Å². The zero-order chi connectivity index (χ0) is 13.3. The number of hydrogen-bond donors (Lipinski definition) is 1. The molecular weight excluding hydrogens is 250 g/mol. The molecule has 1 aliphatic rings. The van der Waals surface area contributed by atoms with E-state index in [9.17, 15) is 0 Å². The monoisotopic (exact) mass is 277 g/mol. The van der Waals surface area contributed by atoms with Crippen molar-refractivity contribution in [3.63, 3.8) is 0 Å². The lowest BCUT2D eigenvalue weighted by Gasteiger charge is -2.24. The molecule has 0 saturated heterocycles. The van der Waals surface area contributed by atoms with Crippen molar-refractivity contribution in [1.29, 1.82) is 0 Å². The molecule has 2 heteroatoms. The van der Waals surface area contributed by atoms with Crippen LogP contribution in [0.5, 0.6) is 0 Å². The van der Waals surface area contributed by atoms with E-state index in [-0.39, 0.29) is 0 Å². The molecule has 0 aromatic heterocycles. The van der Waals surface area contributed by atoms with Gasteiger partial charge in [0.15, 0.2) is 0 Å². The summed E-state index contributed by atoms with van der Waals surface area (Å²) in [6, 6.07) is 10.8. The highest BCUT2D eigenvalue weighted by Crippen LogP contribution is 2.32. The van der Waals surface area contributed by atoms with Crippen LogP contribution < -0.4 is 5.32 Å². The van der Waals surface area contributed by atoms with Crippen molar-refractivity contribution >= 4 is 11.8 Å². The van der Waals surface area contributed by atoms with Crippen LogP contribution in [0.2, 0.25) is 0 Å². The summed E-state index contributed by atoms with van der Waals surface area (Å²) in [5, 5.41) is 3.40. The molecule has 1 aromatic carbocycles. The molecule has 106 valence electrons. The molecule has 1 fully saturated rings. The van der Waals surface area contributed by atoms with Crippen LogP contribution in [-0.4, -0.2) is 19.3 Å². The molecule has 1 aliphatic carbocycles. The molecule has 0 amide bonds. The second-order valence-electron chi connectivity index (χ2n) is 5.67. The second-order valence-corrected chi connectivity index (χ2v) is 6.83. The van der Waals surface area contributed by atoms with E-state index in [1.165, 1.54) is 55.7 Å². The Hall–Kier alpha value is -0.470. The molecule has 0 bridgehead atoms. The van der Waals surface area contributed by atoms with Gasteiger partial charge in [0.05, 0.1) is 0 Å². The first-order valence-corrected chi connectivity index (χ1v) is 8.71. The number of benzene rings is 1. The summed E-state index contributed by atoms with van der Waals surface area (Å²) in [5.74, 6) is 3.12. The van der Waals surface area contributed by atoms with Crippen molar-refractivity contribution < 1.29 is 0 Å². The fraction of sp³-hybridized carbons (Fsp3) is 0.647. The molecule has 0 aliphatic heterocycles. The van der Waals surface area contributed by atoms with Crippen LogP contribution in [-0.2, 0) is 0 Å². The Kier molecular flexibility index (Phi) is 6.80. The van der Waals surface area contributed by atoms with E-state index in [1.54, 1.807) is 0 Å². The Bertz CT molecular complexity index is 338. The third-order valence-electron chi connectivity index (χ3n) is 4.28. The normalized spacial score (nSPS) is 24.1. The standard InChI is InChI=1S/C17H27NS/c1-18-14-16-9-5-2-4-8-15(16)12-13-19-17-10-6-3-7-11-17/h3,6-7,10-11,15-16,18H,2,4-5,8-9,12-14H2,1H3. The smallest absolute Gasteiger partial charge is 0.00719 e. The maximum Gasteiger partial charge on any atom is 0.00719 e. The van der Waals surface area contributed by atoms with Gasteiger partial charge in [0.2, 0.25) is 0 Å². The molecule has 0 radical (unpaired) electrons. The zero-order valence-electron chi connectivity index (χ0n) is 12.1. The summed E-state index contributed by atoms with van der Waals surface area (Å²) >= 11 is 2.02. The van der Waals surface area contributed by atoms with Crippen LogP contribution in [0.3, 0.4) is 0 Å². The first kappa shape index (κ1) is 14.9. The predicted octanol–water partition coefficient (Wildman–Crippen LogP) is 4.58. The van der Waals surface area contributed by atoms with Gasteiger partial charge in [0.25, 0.3) is 0 Å². The lowest BCUT2D eigenvalue weighted by Crippen LogP contribution is -2.25. The van der Waals surface area contributed by atoms with Crippen molar-refractivity contribution in [1.82, 2.24) is 5.32 Å². The minimum Gasteiger partial charge on any atom is -0.319 e. The quantitative estimate of drug-likeness (QED) is 0.603. The number of nitrogens with one attached hydrogen (secondary N) is 1. The zero-order valence-corrected chi connectivity index (χ0v) is 12.9. The van der Waals surface area contributed by atoms with Gasteiger partial charge < -0.3 is 5.32 Å². The van der Waals surface area contributed by atoms with Crippen LogP contribution in [0.25, 0.3) is 0 Å². The van der Waals surface area contributed by atoms with Crippen LogP contribution in [0, 0.1) is 11.8 Å². The largest absolute Gasteiger partial charge is 0.319 e. The van der Waals surface area contributed by atoms with Gasteiger partial charge in [0, 0.05) is 4.90 Å². The molecule has 19 heavy (non-hydrogen) atoms. The Morgan fingerprint density at radius 3 is 2.53 bits per heavy atom. The van der Waals surface area contributed by atoms with E-state index in [4.69, 9.17) is 0 Å². The fourth-order valence-electron chi connectivity index (χ4n) is 3.22. The molecule has 1 nitrogen and oxygen atoms in total. The summed E-state index contributed by atoms with van der Waals surface area (Å²) in [4.78, 5) is 1.42. The van der Waals surface area contributed by atoms with Gasteiger partial charge in [-0.1, -0.05) is 43.9 Å². The summed E-state index contributed by atoms with van der Waals surface area (Å²) in [6.07, 6.45) is 8.59. The number of rotatable bonds is 6. The van der Waals surface area contributed by atoms with E-state index in [2.05, 4.69) is 42.7 Å². The topological polar surface area (TPSA) is 12.0 Å². The van der Waals surface area contributed by atoms with E-state index >= 15 is 0 Å². The lowest BCUT2D eigenvalue weighted by atomic mass is 9.86. The Balaban J connectivity index is 1.78. The molecule has 2 unspecified atom stereocenters. The van der Waals surface area contributed by atoms with E-state index < -0.39 is 0 Å². The average molecular weight is 277 g/mol. The van der Waals surface area contributed by atoms with Crippen LogP contribution >= 0.6 is 11.8 Å². The van der Waals surface area contributed by atoms with Gasteiger partial charge in [-0.25, -0.2) is 0 Å². The van der Waals surface area contributed by atoms with Crippen molar-refractivity contribution in [2.45, 2.75) is 43.4 Å². The minimum absolute atomic E-state index is 0.906. The van der Waals surface area contributed by atoms with Crippen molar-refractivity contribution in [2.24, 2.45) is 11.8 Å². The number of hydrogen-bond acceptors (Lipinski definition) is 2. The van der Waals surface area contributed by atoms with E-state index in [0.29, 0.717) is 0 Å². The van der Waals surface area contributed by atoms with Crippen molar-refractivity contribution in [3.05, 3.63) is 30.3 Å². The molecule has 2 atom stereocenters. The number of thioether (sulfide) groups is 1. The van der Waals surface area contributed by atoms with Gasteiger partial charge in [0.1, 0.15) is 0 Å². The summed E-state index contributed by atoms with van der Waals surface area (Å²) in [6.45, 7) is 1.21. The van der Waals surface area contributed by atoms with Gasteiger partial charge in [-0.05, 0) is 56.2 Å². The molecule has 1 saturated carbocycles. The molecule has 1 aromatic rings. The molecular formula is C17H27NS. The predicted molar refractivity (Wildman–Crippen MR) is 85.8 cm³/mol. The maximum absolute atomic E-state index is 3.40. The fourth-order valence-corrected chi connectivity index (χ4v) is 4.22. The minimum atomic E-state index is 0.906. The van der Waals surface area contributed by atoms with Crippen LogP contribution in [0.1, 0.15) is 38.5 Å². The first-order valence-electron chi connectivity index (χ1n) is 7.72. The highest BCUT2D eigenvalue weighted by molar-refractivity contribution is 7.99. The van der Waals surface area contributed by atoms with E-state index in [0.717, 1.165) is 11.8 Å². The highest BCUT2D eigenvalue weighted by Gasteiger charge is 2.22. The highest BCUT2D eigenvalue weighted by atomic mass is 32.2. The molecule has 2 rings (SSSR count). The molecule has 1 N–H and O–H groups in total. The van der Waals surface area contributed by atoms with Gasteiger partial charge in [-0.2, -0.15) is 0 Å². The second kappa shape index (κ2) is 8.65. The van der Waals surface area contributed by atoms with Gasteiger partial charge in [-0.15, -0.1) is 11.8 Å². The third kappa shape index (κ3) is 5.19. The first-order chi connectivity index (χ1) is 9.40. The molecule has 0 heterocycles. The third-order valence-corrected chi connectivity index (χ3v) is 5.33. The maximum atomic E-state index is 3.40. The Morgan fingerprint density at radius 1 is 1.05 bits per heavy atom. The summed E-state index contributed by atoms with van der Waals surface area (Å²) in [5.41, 5.74) is 0. The average Bonchev–Trinajstić information content (AvgIpc) is 2.66. The van der Waals surface area contributed by atoms with Crippen LogP contribution in [0.15, 0.2) is 35.2 Å². The summed E-state index contributed by atoms with van der Waals surface area (Å²) < 4.78 is 0. The SMILES string of the molecule is CNCC1CCCCCC1CCSc1ccccc1. The Morgan fingerprint density at radius 2 is 1.79 bits per heavy atom. The van der Waals surface area contributed by atoms with Crippen LogP contribution in [0.4, 0.5) is 0 Å². The van der Waals surface area contributed by atoms with Gasteiger partial charge >= 0.3 is 0 Å². The lowest BCUT2D eigenvalue weighted by molar-refractivity contribution is 0.299. The van der Waals surface area contributed by atoms with Crippen molar-refractivity contribution in [2.75, 3.05) is 19.3 Å².